The Balaban J connectivity index is 1.83. The van der Waals surface area contributed by atoms with Crippen molar-refractivity contribution in [3.8, 4) is 17.2 Å². The largest absolute Gasteiger partial charge is 0.493 e. The number of ether oxygens (including phenoxy) is 3. The number of halogens is 1. The molecule has 0 saturated heterocycles. The number of hydrogen-bond acceptors (Lipinski definition) is 7. The number of rotatable bonds is 10. The Labute approximate surface area is 208 Å². The van der Waals surface area contributed by atoms with Crippen LogP contribution in [0, 0.1) is 0 Å². The molecule has 0 aromatic heterocycles. The lowest BCUT2D eigenvalue weighted by atomic mass is 10.2. The van der Waals surface area contributed by atoms with E-state index in [4.69, 9.17) is 25.8 Å². The molecule has 1 N–H and O–H groups in total. The summed E-state index contributed by atoms with van der Waals surface area (Å²) in [5.74, 6) is 0.592. The van der Waals surface area contributed by atoms with Crippen molar-refractivity contribution < 1.29 is 27.4 Å². The van der Waals surface area contributed by atoms with Crippen LogP contribution in [0.5, 0.6) is 17.2 Å². The van der Waals surface area contributed by atoms with Crippen LogP contribution >= 0.6 is 11.6 Å². The molecule has 0 heterocycles. The molecule has 0 spiro atoms. The summed E-state index contributed by atoms with van der Waals surface area (Å²) in [4.78, 5) is 12.7. The summed E-state index contributed by atoms with van der Waals surface area (Å²) in [6.07, 6.45) is 1.37. The Hall–Kier alpha value is -3.76. The molecule has 184 valence electrons. The molecule has 0 fully saturated rings. The molecule has 3 rings (SSSR count). The molecule has 0 saturated carbocycles. The predicted octanol–water partition coefficient (Wildman–Crippen LogP) is 3.71. The van der Waals surface area contributed by atoms with Gasteiger partial charge in [-0.05, 0) is 42.5 Å². The summed E-state index contributed by atoms with van der Waals surface area (Å²) < 4.78 is 43.5. The lowest BCUT2D eigenvalue weighted by Crippen LogP contribution is -2.39. The van der Waals surface area contributed by atoms with Gasteiger partial charge in [-0.2, -0.15) is 5.10 Å². The van der Waals surface area contributed by atoms with E-state index < -0.39 is 22.5 Å². The number of benzene rings is 3. The van der Waals surface area contributed by atoms with E-state index in [1.165, 1.54) is 45.7 Å². The van der Waals surface area contributed by atoms with E-state index in [0.717, 1.165) is 4.31 Å². The van der Waals surface area contributed by atoms with Crippen molar-refractivity contribution in [2.75, 3.05) is 32.2 Å². The maximum atomic E-state index is 13.3. The van der Waals surface area contributed by atoms with Gasteiger partial charge in [-0.25, -0.2) is 13.8 Å². The summed E-state index contributed by atoms with van der Waals surface area (Å²) in [7, 11) is 0.403. The zero-order valence-corrected chi connectivity index (χ0v) is 20.8. The fourth-order valence-electron chi connectivity index (χ4n) is 3.19. The van der Waals surface area contributed by atoms with Crippen molar-refractivity contribution in [2.24, 2.45) is 5.10 Å². The second-order valence-electron chi connectivity index (χ2n) is 7.06. The van der Waals surface area contributed by atoms with E-state index >= 15 is 0 Å². The maximum absolute atomic E-state index is 13.3. The van der Waals surface area contributed by atoms with Gasteiger partial charge in [0.15, 0.2) is 11.5 Å². The number of carbonyl (C=O) groups is 1. The average molecular weight is 518 g/mol. The second-order valence-corrected chi connectivity index (χ2v) is 9.36. The van der Waals surface area contributed by atoms with Crippen molar-refractivity contribution in [3.63, 3.8) is 0 Å². The first-order valence-corrected chi connectivity index (χ1v) is 12.1. The lowest BCUT2D eigenvalue weighted by Gasteiger charge is -2.23. The standard InChI is InChI=1S/C24H24ClN3O6S/c1-32-21-12-17(13-22(33-2)24(21)34-3)15-26-27-23(29)16-28(19-9-7-8-18(25)14-19)35(30,31)20-10-5-4-6-11-20/h4-15H,16H2,1-3H3,(H,27,29)/b26-15+. The quantitative estimate of drug-likeness (QED) is 0.324. The minimum Gasteiger partial charge on any atom is -0.493 e. The third-order valence-electron chi connectivity index (χ3n) is 4.80. The molecule has 0 aliphatic heterocycles. The number of nitrogens with one attached hydrogen (secondary N) is 1. The van der Waals surface area contributed by atoms with E-state index in [0.29, 0.717) is 27.8 Å². The van der Waals surface area contributed by atoms with Gasteiger partial charge in [-0.1, -0.05) is 35.9 Å². The molecule has 0 aliphatic carbocycles. The van der Waals surface area contributed by atoms with Gasteiger partial charge in [0, 0.05) is 10.6 Å². The van der Waals surface area contributed by atoms with Crippen LogP contribution in [0.15, 0.2) is 76.7 Å². The number of hydrazone groups is 1. The number of methoxy groups -OCH3 is 3. The van der Waals surface area contributed by atoms with Crippen LogP contribution in [0.1, 0.15) is 5.56 Å². The Bertz CT molecular complexity index is 1290. The van der Waals surface area contributed by atoms with Crippen molar-refractivity contribution in [2.45, 2.75) is 4.90 Å². The Kier molecular flexibility index (Phi) is 8.56. The van der Waals surface area contributed by atoms with Crippen molar-refractivity contribution in [1.82, 2.24) is 5.43 Å². The number of sulfonamides is 1. The molecule has 0 bridgehead atoms. The van der Waals surface area contributed by atoms with Gasteiger partial charge in [-0.15, -0.1) is 0 Å². The van der Waals surface area contributed by atoms with Crippen LogP contribution in [0.25, 0.3) is 0 Å². The Morgan fingerprint density at radius 1 is 0.971 bits per heavy atom. The molecular formula is C24H24ClN3O6S. The van der Waals surface area contributed by atoms with Gasteiger partial charge in [-0.3, -0.25) is 9.10 Å². The first-order valence-electron chi connectivity index (χ1n) is 10.3. The van der Waals surface area contributed by atoms with E-state index in [2.05, 4.69) is 10.5 Å². The summed E-state index contributed by atoms with van der Waals surface area (Å²) >= 11 is 6.07. The monoisotopic (exact) mass is 517 g/mol. The number of anilines is 1. The number of nitrogens with zero attached hydrogens (tertiary/aromatic N) is 2. The summed E-state index contributed by atoms with van der Waals surface area (Å²) in [5.41, 5.74) is 3.15. The average Bonchev–Trinajstić information content (AvgIpc) is 2.87. The zero-order valence-electron chi connectivity index (χ0n) is 19.3. The van der Waals surface area contributed by atoms with E-state index in [1.807, 2.05) is 0 Å². The van der Waals surface area contributed by atoms with Crippen LogP contribution < -0.4 is 23.9 Å². The van der Waals surface area contributed by atoms with Crippen LogP contribution in [0.2, 0.25) is 5.02 Å². The highest BCUT2D eigenvalue weighted by Crippen LogP contribution is 2.37. The van der Waals surface area contributed by atoms with Crippen molar-refractivity contribution in [1.29, 1.82) is 0 Å². The highest BCUT2D eigenvalue weighted by atomic mass is 35.5. The van der Waals surface area contributed by atoms with Gasteiger partial charge in [0.2, 0.25) is 5.75 Å². The number of amides is 1. The normalized spacial score (nSPS) is 11.2. The molecule has 3 aromatic rings. The fraction of sp³-hybridized carbons (Fsp3) is 0.167. The Morgan fingerprint density at radius 2 is 1.63 bits per heavy atom. The SMILES string of the molecule is COc1cc(/C=N/NC(=O)CN(c2cccc(Cl)c2)S(=O)(=O)c2ccccc2)cc(OC)c1OC. The van der Waals surface area contributed by atoms with Crippen molar-refractivity contribution >= 4 is 39.4 Å². The predicted molar refractivity (Wildman–Crippen MR) is 134 cm³/mol. The lowest BCUT2D eigenvalue weighted by molar-refractivity contribution is -0.119. The third-order valence-corrected chi connectivity index (χ3v) is 6.83. The highest BCUT2D eigenvalue weighted by Gasteiger charge is 2.27. The van der Waals surface area contributed by atoms with E-state index in [-0.39, 0.29) is 10.6 Å². The fourth-order valence-corrected chi connectivity index (χ4v) is 4.80. The number of hydrogen-bond donors (Lipinski definition) is 1. The minimum atomic E-state index is -4.05. The zero-order chi connectivity index (χ0) is 25.4. The molecule has 0 unspecified atom stereocenters. The summed E-state index contributed by atoms with van der Waals surface area (Å²) in [5, 5.41) is 4.27. The molecule has 0 aliphatic rings. The van der Waals surface area contributed by atoms with Crippen LogP contribution in [-0.4, -0.2) is 48.4 Å². The van der Waals surface area contributed by atoms with Gasteiger partial charge in [0.25, 0.3) is 15.9 Å². The second kappa shape index (κ2) is 11.6. The molecule has 3 aromatic carbocycles. The van der Waals surface area contributed by atoms with E-state index in [1.54, 1.807) is 48.5 Å². The van der Waals surface area contributed by atoms with Gasteiger partial charge >= 0.3 is 0 Å². The van der Waals surface area contributed by atoms with Gasteiger partial charge in [0.1, 0.15) is 6.54 Å². The first-order chi connectivity index (χ1) is 16.8. The topological polar surface area (TPSA) is 107 Å². The highest BCUT2D eigenvalue weighted by molar-refractivity contribution is 7.92. The van der Waals surface area contributed by atoms with Crippen LogP contribution in [0.3, 0.4) is 0 Å². The van der Waals surface area contributed by atoms with Crippen LogP contribution in [-0.2, 0) is 14.8 Å². The minimum absolute atomic E-state index is 0.0358. The van der Waals surface area contributed by atoms with Gasteiger partial charge in [0.05, 0.1) is 38.1 Å². The molecule has 35 heavy (non-hydrogen) atoms. The first kappa shape index (κ1) is 25.9. The Morgan fingerprint density at radius 3 is 2.20 bits per heavy atom. The van der Waals surface area contributed by atoms with Crippen molar-refractivity contribution in [3.05, 3.63) is 77.3 Å². The summed E-state index contributed by atoms with van der Waals surface area (Å²) in [6, 6.07) is 17.3. The van der Waals surface area contributed by atoms with E-state index in [9.17, 15) is 13.2 Å². The number of carbonyl (C=O) groups excluding carboxylic acids is 1. The van der Waals surface area contributed by atoms with Crippen LogP contribution in [0.4, 0.5) is 5.69 Å². The molecule has 11 heteroatoms. The summed E-state index contributed by atoms with van der Waals surface area (Å²) in [6.45, 7) is -0.524. The third kappa shape index (κ3) is 6.23. The molecule has 0 radical (unpaired) electrons. The smallest absolute Gasteiger partial charge is 0.264 e. The molecule has 0 atom stereocenters. The molecule has 1 amide bonds. The van der Waals surface area contributed by atoms with Gasteiger partial charge < -0.3 is 14.2 Å². The molecule has 9 nitrogen and oxygen atoms in total. The molecular weight excluding hydrogens is 494 g/mol. The maximum Gasteiger partial charge on any atom is 0.264 e.